The van der Waals surface area contributed by atoms with E-state index in [9.17, 15) is 9.59 Å². The number of hydrogen-bond donors (Lipinski definition) is 3. The summed E-state index contributed by atoms with van der Waals surface area (Å²) in [5.74, 6) is 0.623. The van der Waals surface area contributed by atoms with Crippen LogP contribution in [0.1, 0.15) is 41.2 Å². The molecule has 0 aromatic carbocycles. The van der Waals surface area contributed by atoms with Crippen LogP contribution in [0.15, 0.2) is 27.5 Å². The number of nitrogens with one attached hydrogen (secondary N) is 3. The minimum atomic E-state index is -0.237. The van der Waals surface area contributed by atoms with Crippen molar-refractivity contribution in [1.82, 2.24) is 10.2 Å². The number of rotatable bonds is 1. The van der Waals surface area contributed by atoms with Crippen molar-refractivity contribution in [3.8, 4) is 0 Å². The Balaban J connectivity index is 2.00. The molecule has 3 N–H and O–H groups in total. The van der Waals surface area contributed by atoms with Crippen LogP contribution in [-0.4, -0.2) is 16.0 Å². The Labute approximate surface area is 125 Å². The van der Waals surface area contributed by atoms with Crippen LogP contribution in [0.3, 0.4) is 0 Å². The predicted molar refractivity (Wildman–Crippen MR) is 81.8 cm³/mol. The Morgan fingerprint density at radius 1 is 1.24 bits per heavy atom. The summed E-state index contributed by atoms with van der Waals surface area (Å²) in [6.45, 7) is 2.03. The fourth-order valence-corrected chi connectivity index (χ4v) is 4.35. The van der Waals surface area contributed by atoms with Crippen LogP contribution in [0, 0.1) is 6.92 Å². The molecule has 0 unspecified atom stereocenters. The van der Waals surface area contributed by atoms with Crippen LogP contribution >= 0.6 is 11.3 Å². The number of ketones is 1. The number of aryl methyl sites for hydroxylation is 1. The first-order valence-corrected chi connectivity index (χ1v) is 7.92. The number of carbonyl (C=O) groups is 1. The van der Waals surface area contributed by atoms with E-state index >= 15 is 0 Å². The maximum absolute atomic E-state index is 12.5. The third kappa shape index (κ3) is 1.75. The number of aromatic nitrogens is 2. The summed E-state index contributed by atoms with van der Waals surface area (Å²) in [5, 5.41) is 10.8. The molecule has 1 atom stereocenters. The van der Waals surface area contributed by atoms with Gasteiger partial charge in [0.1, 0.15) is 5.82 Å². The van der Waals surface area contributed by atoms with Crippen molar-refractivity contribution in [3.63, 3.8) is 0 Å². The minimum absolute atomic E-state index is 0.153. The van der Waals surface area contributed by atoms with E-state index in [2.05, 4.69) is 15.5 Å². The SMILES string of the molecule is Cc1ccsc1[C@H]1C2=C(CCCC2=O)Nc2[nH][nH]c(=O)c21. The summed E-state index contributed by atoms with van der Waals surface area (Å²) in [6.07, 6.45) is 2.29. The van der Waals surface area contributed by atoms with Crippen molar-refractivity contribution in [2.45, 2.75) is 32.1 Å². The molecule has 0 amide bonds. The summed E-state index contributed by atoms with van der Waals surface area (Å²) < 4.78 is 0. The third-order valence-corrected chi connectivity index (χ3v) is 5.37. The number of H-pyrrole nitrogens is 2. The maximum atomic E-state index is 12.5. The van der Waals surface area contributed by atoms with Crippen molar-refractivity contribution in [2.75, 3.05) is 5.32 Å². The van der Waals surface area contributed by atoms with Crippen LogP contribution in [0.4, 0.5) is 5.82 Å². The Hall–Kier alpha value is -2.08. The van der Waals surface area contributed by atoms with Gasteiger partial charge in [-0.2, -0.15) is 0 Å². The lowest BCUT2D eigenvalue weighted by molar-refractivity contribution is -0.116. The summed E-state index contributed by atoms with van der Waals surface area (Å²) in [5.41, 5.74) is 3.36. The lowest BCUT2D eigenvalue weighted by Crippen LogP contribution is -2.29. The molecule has 1 aliphatic heterocycles. The molecule has 5 nitrogen and oxygen atoms in total. The molecule has 6 heteroatoms. The van der Waals surface area contributed by atoms with Crippen LogP contribution in [-0.2, 0) is 4.79 Å². The van der Waals surface area contributed by atoms with E-state index in [0.29, 0.717) is 17.8 Å². The zero-order valence-corrected chi connectivity index (χ0v) is 12.4. The molecule has 2 aromatic rings. The summed E-state index contributed by atoms with van der Waals surface area (Å²) in [7, 11) is 0. The van der Waals surface area contributed by atoms with Gasteiger partial charge in [-0.15, -0.1) is 11.3 Å². The molecule has 2 aromatic heterocycles. The van der Waals surface area contributed by atoms with Crippen molar-refractivity contribution >= 4 is 22.9 Å². The molecule has 0 saturated carbocycles. The van der Waals surface area contributed by atoms with Gasteiger partial charge in [-0.1, -0.05) is 0 Å². The highest BCUT2D eigenvalue weighted by atomic mass is 32.1. The predicted octanol–water partition coefficient (Wildman–Crippen LogP) is 2.64. The van der Waals surface area contributed by atoms with Gasteiger partial charge in [0.25, 0.3) is 5.56 Å². The van der Waals surface area contributed by atoms with E-state index in [0.717, 1.165) is 34.6 Å². The average molecular weight is 301 g/mol. The van der Waals surface area contributed by atoms with Crippen LogP contribution in [0.2, 0.25) is 0 Å². The monoisotopic (exact) mass is 301 g/mol. The average Bonchev–Trinajstić information content (AvgIpc) is 3.04. The van der Waals surface area contributed by atoms with E-state index in [4.69, 9.17) is 0 Å². The second kappa shape index (κ2) is 4.46. The highest BCUT2D eigenvalue weighted by Crippen LogP contribution is 2.45. The summed E-state index contributed by atoms with van der Waals surface area (Å²) >= 11 is 1.61. The number of anilines is 1. The van der Waals surface area contributed by atoms with E-state index in [-0.39, 0.29) is 17.3 Å². The second-order valence-electron chi connectivity index (χ2n) is 5.56. The molecule has 0 spiro atoms. The maximum Gasteiger partial charge on any atom is 0.270 e. The smallest absolute Gasteiger partial charge is 0.270 e. The number of carbonyl (C=O) groups excluding carboxylic acids is 1. The van der Waals surface area contributed by atoms with Gasteiger partial charge >= 0.3 is 0 Å². The normalized spacial score (nSPS) is 21.0. The zero-order chi connectivity index (χ0) is 14.6. The summed E-state index contributed by atoms with van der Waals surface area (Å²) in [4.78, 5) is 25.8. The highest BCUT2D eigenvalue weighted by Gasteiger charge is 2.38. The molecule has 0 radical (unpaired) electrons. The van der Waals surface area contributed by atoms with Gasteiger partial charge in [-0.3, -0.25) is 19.8 Å². The molecule has 0 saturated heterocycles. The molecule has 0 fully saturated rings. The first kappa shape index (κ1) is 12.6. The van der Waals surface area contributed by atoms with Crippen molar-refractivity contribution < 1.29 is 4.79 Å². The molecule has 108 valence electrons. The molecule has 3 heterocycles. The zero-order valence-electron chi connectivity index (χ0n) is 11.6. The number of Topliss-reactive ketones (excluding diaryl/α,β-unsaturated/α-hetero) is 1. The van der Waals surface area contributed by atoms with E-state index in [1.54, 1.807) is 11.3 Å². The molecular formula is C15H15N3O2S. The molecule has 2 aliphatic rings. The first-order chi connectivity index (χ1) is 10.2. The Kier molecular flexibility index (Phi) is 2.68. The number of thiophene rings is 1. The largest absolute Gasteiger partial charge is 0.343 e. The second-order valence-corrected chi connectivity index (χ2v) is 6.51. The van der Waals surface area contributed by atoms with Gasteiger partial charge < -0.3 is 5.32 Å². The first-order valence-electron chi connectivity index (χ1n) is 7.04. The van der Waals surface area contributed by atoms with Crippen LogP contribution in [0.5, 0.6) is 0 Å². The topological polar surface area (TPSA) is 77.8 Å². The Morgan fingerprint density at radius 3 is 2.86 bits per heavy atom. The van der Waals surface area contributed by atoms with Crippen molar-refractivity contribution in [2.24, 2.45) is 0 Å². The standard InChI is InChI=1S/C15H15N3O2S/c1-7-5-6-21-13(7)11-10-8(3-2-4-9(10)19)16-14-12(11)15(20)18-17-14/h5-6,11H,2-4H2,1H3,(H3,16,17,18,20)/t11-/m0/s1. The number of aromatic amines is 2. The molecular weight excluding hydrogens is 286 g/mol. The van der Waals surface area contributed by atoms with Crippen LogP contribution in [0.25, 0.3) is 0 Å². The van der Waals surface area contributed by atoms with Gasteiger partial charge in [0.2, 0.25) is 0 Å². The Morgan fingerprint density at radius 2 is 2.10 bits per heavy atom. The fourth-order valence-electron chi connectivity index (χ4n) is 3.31. The van der Waals surface area contributed by atoms with E-state index < -0.39 is 0 Å². The van der Waals surface area contributed by atoms with E-state index in [1.807, 2.05) is 18.4 Å². The number of allylic oxidation sites excluding steroid dienone is 2. The summed E-state index contributed by atoms with van der Waals surface area (Å²) in [6, 6.07) is 2.04. The fraction of sp³-hybridized carbons (Fsp3) is 0.333. The lowest BCUT2D eigenvalue weighted by atomic mass is 9.79. The molecule has 21 heavy (non-hydrogen) atoms. The molecule has 1 aliphatic carbocycles. The van der Waals surface area contributed by atoms with Gasteiger partial charge in [-0.05, 0) is 36.8 Å². The third-order valence-electron chi connectivity index (χ3n) is 4.29. The van der Waals surface area contributed by atoms with Gasteiger partial charge in [0, 0.05) is 22.6 Å². The van der Waals surface area contributed by atoms with Crippen LogP contribution < -0.4 is 10.9 Å². The van der Waals surface area contributed by atoms with E-state index in [1.165, 1.54) is 0 Å². The van der Waals surface area contributed by atoms with Gasteiger partial charge in [-0.25, -0.2) is 0 Å². The van der Waals surface area contributed by atoms with Crippen molar-refractivity contribution in [3.05, 3.63) is 49.1 Å². The van der Waals surface area contributed by atoms with Gasteiger partial charge in [0.15, 0.2) is 5.78 Å². The lowest BCUT2D eigenvalue weighted by Gasteiger charge is -2.30. The highest BCUT2D eigenvalue weighted by molar-refractivity contribution is 7.10. The number of hydrogen-bond acceptors (Lipinski definition) is 4. The minimum Gasteiger partial charge on any atom is -0.343 e. The molecule has 4 rings (SSSR count). The number of fused-ring (bicyclic) bond motifs is 1. The Bertz CT molecular complexity index is 824. The molecule has 0 bridgehead atoms. The van der Waals surface area contributed by atoms with Gasteiger partial charge in [0.05, 0.1) is 11.5 Å². The van der Waals surface area contributed by atoms with Crippen molar-refractivity contribution in [1.29, 1.82) is 0 Å². The quantitative estimate of drug-likeness (QED) is 0.757.